The van der Waals surface area contributed by atoms with E-state index in [1.54, 1.807) is 0 Å². The highest BCUT2D eigenvalue weighted by atomic mass is 14.1. The highest BCUT2D eigenvalue weighted by Crippen LogP contribution is 2.25. The van der Waals surface area contributed by atoms with E-state index in [0.29, 0.717) is 0 Å². The Balaban J connectivity index is 0.000000292. The molecule has 1 rings (SSSR count). The summed E-state index contributed by atoms with van der Waals surface area (Å²) in [5.41, 5.74) is 1.46. The maximum atomic E-state index is 3.96. The van der Waals surface area contributed by atoms with E-state index in [0.717, 1.165) is 5.92 Å². The van der Waals surface area contributed by atoms with Crippen LogP contribution in [0.2, 0.25) is 0 Å². The first-order valence-corrected chi connectivity index (χ1v) is 4.87. The summed E-state index contributed by atoms with van der Waals surface area (Å²) in [5.74, 6) is 0.913. The topological polar surface area (TPSA) is 0 Å². The van der Waals surface area contributed by atoms with E-state index < -0.39 is 0 Å². The smallest absolute Gasteiger partial charge is 0.0297 e. The van der Waals surface area contributed by atoms with E-state index in [1.165, 1.54) is 37.7 Å². The Morgan fingerprint density at radius 1 is 1.45 bits per heavy atom. The first-order valence-electron chi connectivity index (χ1n) is 4.87. The van der Waals surface area contributed by atoms with Crippen LogP contribution in [0.25, 0.3) is 0 Å². The van der Waals surface area contributed by atoms with Crippen molar-refractivity contribution in [3.63, 3.8) is 0 Å². The van der Waals surface area contributed by atoms with E-state index >= 15 is 0 Å². The molecule has 1 unspecified atom stereocenters. The fourth-order valence-corrected chi connectivity index (χ4v) is 1.40. The van der Waals surface area contributed by atoms with Crippen molar-refractivity contribution in [3.8, 4) is 0 Å². The van der Waals surface area contributed by atoms with Crippen LogP contribution >= 0.6 is 0 Å². The average molecular weight is 154 g/mol. The Morgan fingerprint density at radius 3 is 2.27 bits per heavy atom. The monoisotopic (exact) mass is 154 g/mol. The van der Waals surface area contributed by atoms with Crippen LogP contribution in [0.4, 0.5) is 0 Å². The molecule has 1 atom stereocenters. The summed E-state index contributed by atoms with van der Waals surface area (Å²) >= 11 is 0. The Morgan fingerprint density at radius 2 is 2.00 bits per heavy atom. The molecule has 1 aliphatic rings. The van der Waals surface area contributed by atoms with Crippen LogP contribution < -0.4 is 0 Å². The first-order chi connectivity index (χ1) is 5.20. The van der Waals surface area contributed by atoms with E-state index in [2.05, 4.69) is 27.4 Å². The number of hydrogen-bond donors (Lipinski definition) is 0. The van der Waals surface area contributed by atoms with Crippen molar-refractivity contribution in [1.29, 1.82) is 0 Å². The van der Waals surface area contributed by atoms with Crippen molar-refractivity contribution in [1.82, 2.24) is 0 Å². The second-order valence-electron chi connectivity index (χ2n) is 3.66. The average Bonchev–Trinajstić information content (AvgIpc) is 1.88. The van der Waals surface area contributed by atoms with Crippen molar-refractivity contribution in [3.05, 3.63) is 12.2 Å². The Labute approximate surface area is 71.7 Å². The van der Waals surface area contributed by atoms with E-state index in [-0.39, 0.29) is 0 Å². The Hall–Kier alpha value is -0.260. The fraction of sp³-hybridized carbons (Fsp3) is 0.818. The number of allylic oxidation sites excluding steroid dienone is 1. The zero-order valence-electron chi connectivity index (χ0n) is 8.32. The fourth-order valence-electron chi connectivity index (χ4n) is 1.40. The zero-order chi connectivity index (χ0) is 8.69. The minimum atomic E-state index is 0.913. The van der Waals surface area contributed by atoms with Gasteiger partial charge < -0.3 is 0 Å². The number of hydrogen-bond acceptors (Lipinski definition) is 0. The van der Waals surface area contributed by atoms with Gasteiger partial charge in [-0.1, -0.05) is 45.8 Å². The van der Waals surface area contributed by atoms with Gasteiger partial charge in [0.1, 0.15) is 0 Å². The molecule has 0 heteroatoms. The molecule has 11 heavy (non-hydrogen) atoms. The van der Waals surface area contributed by atoms with E-state index in [1.807, 2.05) is 0 Å². The summed E-state index contributed by atoms with van der Waals surface area (Å²) in [4.78, 5) is 0. The third-order valence-electron chi connectivity index (χ3n) is 1.86. The van der Waals surface area contributed by atoms with Gasteiger partial charge in [0.2, 0.25) is 0 Å². The molecule has 0 N–H and O–H groups in total. The SMILES string of the molecule is C=C1CCCC(C)C1.CCC. The van der Waals surface area contributed by atoms with Gasteiger partial charge in [-0.25, -0.2) is 0 Å². The lowest BCUT2D eigenvalue weighted by Crippen LogP contribution is -2.02. The molecule has 0 heterocycles. The molecular formula is C11H22. The van der Waals surface area contributed by atoms with Gasteiger partial charge >= 0.3 is 0 Å². The minimum absolute atomic E-state index is 0.913. The number of rotatable bonds is 0. The Kier molecular flexibility index (Phi) is 6.30. The zero-order valence-corrected chi connectivity index (χ0v) is 8.32. The van der Waals surface area contributed by atoms with Gasteiger partial charge in [-0.2, -0.15) is 0 Å². The second kappa shape index (κ2) is 6.45. The van der Waals surface area contributed by atoms with Gasteiger partial charge in [-0.3, -0.25) is 0 Å². The van der Waals surface area contributed by atoms with Gasteiger partial charge in [0.15, 0.2) is 0 Å². The van der Waals surface area contributed by atoms with E-state index in [4.69, 9.17) is 0 Å². The van der Waals surface area contributed by atoms with Crippen molar-refractivity contribution < 1.29 is 0 Å². The van der Waals surface area contributed by atoms with Gasteiger partial charge in [0, 0.05) is 0 Å². The first kappa shape index (κ1) is 10.7. The molecule has 0 radical (unpaired) electrons. The summed E-state index contributed by atoms with van der Waals surface area (Å²) < 4.78 is 0. The molecule has 1 aliphatic carbocycles. The second-order valence-corrected chi connectivity index (χ2v) is 3.66. The van der Waals surface area contributed by atoms with Crippen LogP contribution in [0.1, 0.15) is 52.9 Å². The molecule has 0 nitrogen and oxygen atoms in total. The van der Waals surface area contributed by atoms with E-state index in [9.17, 15) is 0 Å². The maximum absolute atomic E-state index is 3.96. The molecule has 0 aromatic heterocycles. The van der Waals surface area contributed by atoms with Crippen molar-refractivity contribution in [2.75, 3.05) is 0 Å². The van der Waals surface area contributed by atoms with Crippen molar-refractivity contribution >= 4 is 0 Å². The third-order valence-corrected chi connectivity index (χ3v) is 1.86. The van der Waals surface area contributed by atoms with Crippen LogP contribution in [0, 0.1) is 5.92 Å². The van der Waals surface area contributed by atoms with Gasteiger partial charge in [-0.15, -0.1) is 0 Å². The molecule has 0 saturated heterocycles. The van der Waals surface area contributed by atoms with Crippen LogP contribution in [0.15, 0.2) is 12.2 Å². The summed E-state index contributed by atoms with van der Waals surface area (Å²) in [6.07, 6.45) is 6.60. The largest absolute Gasteiger partial charge is 0.0999 e. The summed E-state index contributed by atoms with van der Waals surface area (Å²) in [6, 6.07) is 0. The molecule has 0 bridgehead atoms. The predicted molar refractivity (Wildman–Crippen MR) is 52.7 cm³/mol. The molecule has 1 fully saturated rings. The normalized spacial score (nSPS) is 23.9. The van der Waals surface area contributed by atoms with Gasteiger partial charge in [-0.05, 0) is 25.2 Å². The lowest BCUT2D eigenvalue weighted by Gasteiger charge is -2.18. The van der Waals surface area contributed by atoms with Gasteiger partial charge in [0.05, 0.1) is 0 Å². The lowest BCUT2D eigenvalue weighted by molar-refractivity contribution is 0.454. The quantitative estimate of drug-likeness (QED) is 0.459. The lowest BCUT2D eigenvalue weighted by atomic mass is 9.88. The van der Waals surface area contributed by atoms with Crippen molar-refractivity contribution in [2.24, 2.45) is 5.92 Å². The molecule has 66 valence electrons. The summed E-state index contributed by atoms with van der Waals surface area (Å²) in [6.45, 7) is 10.5. The molecule has 0 amide bonds. The standard InChI is InChI=1S/C8H14.C3H8/c1-7-4-3-5-8(2)6-7;1-3-2/h8H,1,3-6H2,2H3;3H2,1-2H3. The molecule has 0 aliphatic heterocycles. The van der Waals surface area contributed by atoms with Gasteiger partial charge in [0.25, 0.3) is 0 Å². The third kappa shape index (κ3) is 6.15. The van der Waals surface area contributed by atoms with Crippen molar-refractivity contribution in [2.45, 2.75) is 52.9 Å². The Bertz CT molecular complexity index is 103. The molecule has 0 aromatic rings. The molecule has 0 aromatic carbocycles. The van der Waals surface area contributed by atoms with Crippen LogP contribution in [-0.2, 0) is 0 Å². The summed E-state index contributed by atoms with van der Waals surface area (Å²) in [7, 11) is 0. The highest BCUT2D eigenvalue weighted by Gasteiger charge is 2.09. The predicted octanol–water partition coefficient (Wildman–Crippen LogP) is 4.17. The van der Waals surface area contributed by atoms with Crippen LogP contribution in [-0.4, -0.2) is 0 Å². The molecular weight excluding hydrogens is 132 g/mol. The van der Waals surface area contributed by atoms with Crippen LogP contribution in [0.5, 0.6) is 0 Å². The van der Waals surface area contributed by atoms with Crippen LogP contribution in [0.3, 0.4) is 0 Å². The highest BCUT2D eigenvalue weighted by molar-refractivity contribution is 4.98. The minimum Gasteiger partial charge on any atom is -0.0999 e. The maximum Gasteiger partial charge on any atom is -0.0297 e. The molecule has 1 saturated carbocycles. The summed E-state index contributed by atoms with van der Waals surface area (Å²) in [5, 5.41) is 0. The molecule has 0 spiro atoms.